The van der Waals surface area contributed by atoms with Crippen LogP contribution in [0.2, 0.25) is 0 Å². The van der Waals surface area contributed by atoms with E-state index in [9.17, 15) is 0 Å². The summed E-state index contributed by atoms with van der Waals surface area (Å²) in [6, 6.07) is 0. The first-order chi connectivity index (χ1) is 8.83. The minimum Gasteiger partial charge on any atom is -0.141 e. The summed E-state index contributed by atoms with van der Waals surface area (Å²) in [6.07, 6.45) is 0. The van der Waals surface area contributed by atoms with Crippen LogP contribution in [0.5, 0.6) is 0 Å². The fourth-order valence-corrected chi connectivity index (χ4v) is 6.54. The smallest absolute Gasteiger partial charge is 0.141 e. The monoisotopic (exact) mass is 319 g/mol. The zero-order valence-electron chi connectivity index (χ0n) is 16.4. The molecule has 0 radical (unpaired) electrons. The van der Waals surface area contributed by atoms with E-state index in [1.54, 1.807) is 0 Å². The molecule has 5 heteroatoms. The van der Waals surface area contributed by atoms with Crippen LogP contribution in [-0.4, -0.2) is 22.2 Å². The quantitative estimate of drug-likeness (QED) is 0.586. The first kappa shape index (κ1) is 21.3. The summed E-state index contributed by atoms with van der Waals surface area (Å²) in [7, 11) is -1.98. The molecule has 0 spiro atoms. The molecule has 0 aromatic carbocycles. The van der Waals surface area contributed by atoms with Gasteiger partial charge < -0.3 is 0 Å². The molecule has 0 aromatic heterocycles. The van der Waals surface area contributed by atoms with Crippen molar-refractivity contribution >= 4 is 7.87 Å². The van der Waals surface area contributed by atoms with Crippen molar-refractivity contribution in [2.75, 3.05) is 0 Å². The van der Waals surface area contributed by atoms with Crippen LogP contribution in [-0.2, 0) is 0 Å². The summed E-state index contributed by atoms with van der Waals surface area (Å²) >= 11 is 0. The molecular weight excluding hydrogens is 279 g/mol. The molecule has 0 aromatic rings. The fourth-order valence-electron chi connectivity index (χ4n) is 2.18. The topological polar surface area (TPSA) is 48.1 Å². The Hall–Kier alpha value is 0.270. The van der Waals surface area contributed by atoms with Gasteiger partial charge in [-0.1, -0.05) is 0 Å². The van der Waals surface area contributed by atoms with E-state index >= 15 is 0 Å². The van der Waals surface area contributed by atoms with E-state index in [1.165, 1.54) is 0 Å². The Morgan fingerprint density at radius 2 is 0.524 bits per heavy atom. The van der Waals surface area contributed by atoms with Gasteiger partial charge in [0, 0.05) is 22.2 Å². The second-order valence-electron chi connectivity index (χ2n) is 10.1. The van der Waals surface area contributed by atoms with Crippen molar-refractivity contribution in [3.05, 3.63) is 0 Å². The average molecular weight is 319 g/mol. The van der Waals surface area contributed by atoms with Crippen LogP contribution in [0, 0.1) is 0 Å². The highest BCUT2D eigenvalue weighted by molar-refractivity contribution is 7.68. The van der Waals surface area contributed by atoms with E-state index in [4.69, 9.17) is 0 Å². The van der Waals surface area contributed by atoms with Gasteiger partial charge in [-0.05, 0) is 83.1 Å². The molecular formula is C16H40N4P+. The van der Waals surface area contributed by atoms with Gasteiger partial charge >= 0.3 is 0 Å². The molecule has 0 rings (SSSR count). The van der Waals surface area contributed by atoms with Crippen LogP contribution in [0.15, 0.2) is 0 Å². The minimum atomic E-state index is -1.98. The van der Waals surface area contributed by atoms with Crippen molar-refractivity contribution in [1.29, 1.82) is 0 Å². The molecule has 4 nitrogen and oxygen atoms in total. The Balaban J connectivity index is 5.70. The number of nitrogens with one attached hydrogen (secondary N) is 4. The highest BCUT2D eigenvalue weighted by atomic mass is 31.2. The van der Waals surface area contributed by atoms with Crippen LogP contribution >= 0.6 is 7.87 Å². The molecule has 4 N–H and O–H groups in total. The van der Waals surface area contributed by atoms with E-state index in [0.717, 1.165) is 0 Å². The van der Waals surface area contributed by atoms with Crippen LogP contribution < -0.4 is 20.3 Å². The number of rotatable bonds is 4. The van der Waals surface area contributed by atoms with Crippen molar-refractivity contribution in [2.24, 2.45) is 0 Å². The Labute approximate surface area is 134 Å². The summed E-state index contributed by atoms with van der Waals surface area (Å²) in [5.74, 6) is 0. The molecule has 0 unspecified atom stereocenters. The summed E-state index contributed by atoms with van der Waals surface area (Å²) < 4.78 is 0. The van der Waals surface area contributed by atoms with Gasteiger partial charge in [0.2, 0.25) is 0 Å². The lowest BCUT2D eigenvalue weighted by atomic mass is 10.1. The summed E-state index contributed by atoms with van der Waals surface area (Å²) in [5, 5.41) is 15.3. The molecule has 0 aliphatic heterocycles. The van der Waals surface area contributed by atoms with Crippen LogP contribution in [0.3, 0.4) is 0 Å². The first-order valence-corrected chi connectivity index (χ1v) is 9.68. The van der Waals surface area contributed by atoms with Crippen molar-refractivity contribution in [2.45, 2.75) is 105 Å². The largest absolute Gasteiger partial charge is 0.300 e. The maximum absolute atomic E-state index is 3.82. The first-order valence-electron chi connectivity index (χ1n) is 7.89. The van der Waals surface area contributed by atoms with E-state index in [0.29, 0.717) is 0 Å². The predicted molar refractivity (Wildman–Crippen MR) is 98.5 cm³/mol. The molecule has 0 saturated heterocycles. The molecule has 0 heterocycles. The average Bonchev–Trinajstić information content (AvgIpc) is 1.83. The molecule has 0 aliphatic rings. The maximum Gasteiger partial charge on any atom is 0.300 e. The molecule has 0 bridgehead atoms. The van der Waals surface area contributed by atoms with Gasteiger partial charge in [-0.25, -0.2) is 0 Å². The molecule has 0 atom stereocenters. The van der Waals surface area contributed by atoms with E-state index < -0.39 is 7.87 Å². The third-order valence-corrected chi connectivity index (χ3v) is 6.04. The zero-order chi connectivity index (χ0) is 17.3. The van der Waals surface area contributed by atoms with E-state index in [-0.39, 0.29) is 22.2 Å². The summed E-state index contributed by atoms with van der Waals surface area (Å²) in [4.78, 5) is 0. The number of hydrogen-bond donors (Lipinski definition) is 4. The molecule has 0 saturated carbocycles. The van der Waals surface area contributed by atoms with Gasteiger partial charge in [-0.15, -0.1) is 20.3 Å². The maximum atomic E-state index is 3.82. The second kappa shape index (κ2) is 6.41. The van der Waals surface area contributed by atoms with E-state index in [2.05, 4.69) is 103 Å². The normalized spacial score (nSPS) is 15.4. The zero-order valence-corrected chi connectivity index (χ0v) is 17.3. The third-order valence-electron chi connectivity index (χ3n) is 2.01. The van der Waals surface area contributed by atoms with E-state index in [1.807, 2.05) is 0 Å². The molecule has 21 heavy (non-hydrogen) atoms. The lowest BCUT2D eigenvalue weighted by molar-refractivity contribution is 0.420. The van der Waals surface area contributed by atoms with Crippen LogP contribution in [0.1, 0.15) is 83.1 Å². The number of hydrogen-bond acceptors (Lipinski definition) is 4. The Bertz CT molecular complexity index is 257. The van der Waals surface area contributed by atoms with Crippen molar-refractivity contribution in [3.8, 4) is 0 Å². The molecule has 0 fully saturated rings. The minimum absolute atomic E-state index is 0.00251. The molecule has 0 aliphatic carbocycles. The lowest BCUT2D eigenvalue weighted by Crippen LogP contribution is -2.61. The summed E-state index contributed by atoms with van der Waals surface area (Å²) in [6.45, 7) is 26.5. The Morgan fingerprint density at radius 1 is 0.381 bits per heavy atom. The van der Waals surface area contributed by atoms with Gasteiger partial charge in [0.05, 0.1) is 0 Å². The lowest BCUT2D eigenvalue weighted by Gasteiger charge is -2.43. The van der Waals surface area contributed by atoms with Gasteiger partial charge in [-0.3, -0.25) is 0 Å². The SMILES string of the molecule is CC(C)(C)N[P+](NC(C)(C)C)(NC(C)(C)C)NC(C)(C)C. The second-order valence-corrected chi connectivity index (χ2v) is 12.4. The van der Waals surface area contributed by atoms with Gasteiger partial charge in [0.1, 0.15) is 0 Å². The van der Waals surface area contributed by atoms with Crippen LogP contribution in [0.25, 0.3) is 0 Å². The van der Waals surface area contributed by atoms with Crippen LogP contribution in [0.4, 0.5) is 0 Å². The van der Waals surface area contributed by atoms with Crippen molar-refractivity contribution < 1.29 is 0 Å². The van der Waals surface area contributed by atoms with Gasteiger partial charge in [0.15, 0.2) is 0 Å². The van der Waals surface area contributed by atoms with Crippen molar-refractivity contribution in [3.63, 3.8) is 0 Å². The fraction of sp³-hybridized carbons (Fsp3) is 1.00. The van der Waals surface area contributed by atoms with Crippen molar-refractivity contribution in [1.82, 2.24) is 20.3 Å². The van der Waals surface area contributed by atoms with Gasteiger partial charge in [-0.2, -0.15) is 0 Å². The highest BCUT2D eigenvalue weighted by Crippen LogP contribution is 2.49. The standard InChI is InChI=1S/C16H40N4P/c1-13(2,3)17-21(18-14(4,5)6,19-15(7,8)9)20-16(10,11)12/h17-20H,1-12H3/q+1. The third kappa shape index (κ3) is 11.5. The molecule has 128 valence electrons. The Morgan fingerprint density at radius 3 is 0.619 bits per heavy atom. The summed E-state index contributed by atoms with van der Waals surface area (Å²) in [5.41, 5.74) is 0.0100. The predicted octanol–water partition coefficient (Wildman–Crippen LogP) is 4.22. The highest BCUT2D eigenvalue weighted by Gasteiger charge is 2.50. The Kier molecular flexibility index (Phi) is 6.49. The molecule has 0 amide bonds. The van der Waals surface area contributed by atoms with Gasteiger partial charge in [0.25, 0.3) is 7.87 Å².